The van der Waals surface area contributed by atoms with Gasteiger partial charge in [-0.3, -0.25) is 5.43 Å². The zero-order valence-electron chi connectivity index (χ0n) is 7.50. The van der Waals surface area contributed by atoms with E-state index in [4.69, 9.17) is 10.6 Å². The molecule has 1 aromatic rings. The van der Waals surface area contributed by atoms with Crippen LogP contribution in [0.4, 0.5) is 10.5 Å². The number of methoxy groups -OCH3 is 1. The fraction of sp³-hybridized carbons (Fsp3) is 0.125. The molecule has 4 N–H and O–H groups in total. The quantitative estimate of drug-likeness (QED) is 0.428. The van der Waals surface area contributed by atoms with E-state index in [1.807, 2.05) is 11.5 Å². The molecule has 0 aromatic heterocycles. The maximum Gasteiger partial charge on any atom is 0.333 e. The number of halogens is 1. The topological polar surface area (TPSA) is 76.4 Å². The number of hydrazine groups is 1. The molecule has 76 valence electrons. The van der Waals surface area contributed by atoms with E-state index in [0.29, 0.717) is 11.4 Å². The Hall–Kier alpha value is -1.27. The molecule has 6 heteroatoms. The van der Waals surface area contributed by atoms with E-state index in [-0.39, 0.29) is 0 Å². The molecule has 0 saturated heterocycles. The summed E-state index contributed by atoms with van der Waals surface area (Å²) in [5.74, 6) is 5.50. The third-order valence-corrected chi connectivity index (χ3v) is 2.03. The van der Waals surface area contributed by atoms with E-state index in [1.165, 1.54) is 7.11 Å². The van der Waals surface area contributed by atoms with Crippen LogP contribution in [0.1, 0.15) is 0 Å². The first-order chi connectivity index (χ1) is 6.67. The number of nitrogens with one attached hydrogen (secondary N) is 2. The molecule has 0 unspecified atom stereocenters. The van der Waals surface area contributed by atoms with Gasteiger partial charge in [0.25, 0.3) is 0 Å². The molecule has 0 aliphatic heterocycles. The van der Waals surface area contributed by atoms with Crippen molar-refractivity contribution < 1.29 is 9.53 Å². The summed E-state index contributed by atoms with van der Waals surface area (Å²) < 4.78 is 5.88. The lowest BCUT2D eigenvalue weighted by Crippen LogP contribution is -2.34. The van der Waals surface area contributed by atoms with Crippen LogP contribution in [0.15, 0.2) is 22.7 Å². The highest BCUT2D eigenvalue weighted by Gasteiger charge is 2.06. The number of rotatable bonds is 2. The number of anilines is 1. The Balaban J connectivity index is 2.93. The van der Waals surface area contributed by atoms with Crippen molar-refractivity contribution >= 4 is 27.6 Å². The van der Waals surface area contributed by atoms with Gasteiger partial charge in [-0.25, -0.2) is 10.6 Å². The van der Waals surface area contributed by atoms with Crippen molar-refractivity contribution in [1.29, 1.82) is 0 Å². The lowest BCUT2D eigenvalue weighted by molar-refractivity contribution is 0.252. The number of benzene rings is 1. The minimum absolute atomic E-state index is 0.499. The smallest absolute Gasteiger partial charge is 0.333 e. The van der Waals surface area contributed by atoms with Gasteiger partial charge in [0.2, 0.25) is 0 Å². The molecule has 1 rings (SSSR count). The second-order valence-electron chi connectivity index (χ2n) is 2.44. The zero-order chi connectivity index (χ0) is 10.6. The summed E-state index contributed by atoms with van der Waals surface area (Å²) in [6.07, 6.45) is 0. The number of carbonyl (C=O) groups is 1. The first-order valence-corrected chi connectivity index (χ1v) is 4.58. The second kappa shape index (κ2) is 4.83. The van der Waals surface area contributed by atoms with Crippen molar-refractivity contribution in [3.05, 3.63) is 22.7 Å². The van der Waals surface area contributed by atoms with Crippen LogP contribution in [-0.2, 0) is 0 Å². The van der Waals surface area contributed by atoms with Crippen LogP contribution in [0.5, 0.6) is 5.75 Å². The average molecular weight is 260 g/mol. The van der Waals surface area contributed by atoms with Gasteiger partial charge in [0.05, 0.1) is 12.8 Å². The largest absolute Gasteiger partial charge is 0.495 e. The average Bonchev–Trinajstić information content (AvgIpc) is 2.18. The monoisotopic (exact) mass is 259 g/mol. The first kappa shape index (κ1) is 10.8. The van der Waals surface area contributed by atoms with Gasteiger partial charge in [-0.1, -0.05) is 15.9 Å². The van der Waals surface area contributed by atoms with E-state index in [0.717, 1.165) is 4.47 Å². The molecule has 2 amide bonds. The molecular weight excluding hydrogens is 250 g/mol. The summed E-state index contributed by atoms with van der Waals surface area (Å²) in [6, 6.07) is 4.76. The summed E-state index contributed by atoms with van der Waals surface area (Å²) in [4.78, 5) is 10.9. The lowest BCUT2D eigenvalue weighted by Gasteiger charge is -2.09. The number of hydrogen-bond donors (Lipinski definition) is 3. The van der Waals surface area contributed by atoms with Crippen LogP contribution in [0, 0.1) is 0 Å². The molecule has 0 saturated carbocycles. The van der Waals surface area contributed by atoms with Gasteiger partial charge in [-0.2, -0.15) is 0 Å². The Bertz CT molecular complexity index is 343. The summed E-state index contributed by atoms with van der Waals surface area (Å²) in [5, 5.41) is 2.52. The highest BCUT2D eigenvalue weighted by Crippen LogP contribution is 2.27. The van der Waals surface area contributed by atoms with Gasteiger partial charge in [0, 0.05) is 4.47 Å². The highest BCUT2D eigenvalue weighted by molar-refractivity contribution is 9.10. The fourth-order valence-electron chi connectivity index (χ4n) is 0.936. The Morgan fingerprint density at radius 1 is 1.57 bits per heavy atom. The van der Waals surface area contributed by atoms with Crippen LogP contribution < -0.4 is 21.3 Å². The molecule has 0 atom stereocenters. The summed E-state index contributed by atoms with van der Waals surface area (Å²) >= 11 is 3.28. The molecular formula is C8H10BrN3O2. The van der Waals surface area contributed by atoms with E-state index < -0.39 is 6.03 Å². The molecule has 0 bridgehead atoms. The van der Waals surface area contributed by atoms with Crippen LogP contribution in [0.25, 0.3) is 0 Å². The Kier molecular flexibility index (Phi) is 3.73. The lowest BCUT2D eigenvalue weighted by atomic mass is 10.3. The maximum absolute atomic E-state index is 10.9. The van der Waals surface area contributed by atoms with Gasteiger partial charge in [0.1, 0.15) is 5.75 Å². The van der Waals surface area contributed by atoms with Crippen molar-refractivity contribution in [3.8, 4) is 5.75 Å². The number of ether oxygens (including phenoxy) is 1. The third-order valence-electron chi connectivity index (χ3n) is 1.54. The van der Waals surface area contributed by atoms with Crippen molar-refractivity contribution in [1.82, 2.24) is 5.43 Å². The number of hydrogen-bond acceptors (Lipinski definition) is 3. The van der Waals surface area contributed by atoms with Gasteiger partial charge < -0.3 is 10.1 Å². The van der Waals surface area contributed by atoms with E-state index in [1.54, 1.807) is 12.1 Å². The molecule has 1 aromatic carbocycles. The Morgan fingerprint density at radius 2 is 2.29 bits per heavy atom. The maximum atomic E-state index is 10.9. The van der Waals surface area contributed by atoms with Crippen LogP contribution in [0.2, 0.25) is 0 Å². The van der Waals surface area contributed by atoms with Crippen LogP contribution >= 0.6 is 15.9 Å². The van der Waals surface area contributed by atoms with Gasteiger partial charge in [-0.05, 0) is 18.2 Å². The zero-order valence-corrected chi connectivity index (χ0v) is 9.09. The fourth-order valence-corrected chi connectivity index (χ4v) is 1.30. The molecule has 0 fully saturated rings. The minimum Gasteiger partial charge on any atom is -0.495 e. The standard InChI is InChI=1S/C8H10BrN3O2/c1-14-7-3-2-5(9)4-6(7)11-8(13)12-10/h2-4H,10H2,1H3,(H2,11,12,13). The molecule has 0 radical (unpaired) electrons. The van der Waals surface area contributed by atoms with Crippen molar-refractivity contribution in [2.45, 2.75) is 0 Å². The SMILES string of the molecule is COc1ccc(Br)cc1NC(=O)NN. The van der Waals surface area contributed by atoms with Crippen LogP contribution in [-0.4, -0.2) is 13.1 Å². The summed E-state index contributed by atoms with van der Waals surface area (Å²) in [7, 11) is 1.52. The number of carbonyl (C=O) groups excluding carboxylic acids is 1. The molecule has 0 aliphatic carbocycles. The minimum atomic E-state index is -0.499. The van der Waals surface area contributed by atoms with Gasteiger partial charge in [-0.15, -0.1) is 0 Å². The number of nitrogens with two attached hydrogens (primary N) is 1. The van der Waals surface area contributed by atoms with Crippen molar-refractivity contribution in [3.63, 3.8) is 0 Å². The van der Waals surface area contributed by atoms with E-state index in [9.17, 15) is 4.79 Å². The third kappa shape index (κ3) is 2.61. The van der Waals surface area contributed by atoms with Crippen molar-refractivity contribution in [2.75, 3.05) is 12.4 Å². The molecule has 0 aliphatic rings. The van der Waals surface area contributed by atoms with E-state index >= 15 is 0 Å². The first-order valence-electron chi connectivity index (χ1n) is 3.78. The summed E-state index contributed by atoms with van der Waals surface area (Å²) in [6.45, 7) is 0. The summed E-state index contributed by atoms with van der Waals surface area (Å²) in [5.41, 5.74) is 2.51. The predicted octanol–water partition coefficient (Wildman–Crippen LogP) is 1.45. The molecule has 0 spiro atoms. The highest BCUT2D eigenvalue weighted by atomic mass is 79.9. The Labute approximate surface area is 89.7 Å². The Morgan fingerprint density at radius 3 is 2.86 bits per heavy atom. The number of urea groups is 1. The van der Waals surface area contributed by atoms with Crippen molar-refractivity contribution in [2.24, 2.45) is 5.84 Å². The molecule has 5 nitrogen and oxygen atoms in total. The second-order valence-corrected chi connectivity index (χ2v) is 3.36. The van der Waals surface area contributed by atoms with Gasteiger partial charge in [0.15, 0.2) is 0 Å². The molecule has 14 heavy (non-hydrogen) atoms. The molecule has 0 heterocycles. The van der Waals surface area contributed by atoms with Gasteiger partial charge >= 0.3 is 6.03 Å². The predicted molar refractivity (Wildman–Crippen MR) is 57.0 cm³/mol. The number of amides is 2. The van der Waals surface area contributed by atoms with Crippen LogP contribution in [0.3, 0.4) is 0 Å². The normalized spacial score (nSPS) is 9.36. The van der Waals surface area contributed by atoms with E-state index in [2.05, 4.69) is 21.2 Å².